The fourth-order valence-corrected chi connectivity index (χ4v) is 10.1. The van der Waals surface area contributed by atoms with E-state index < -0.39 is 72.2 Å². The van der Waals surface area contributed by atoms with Gasteiger partial charge >= 0.3 is 18.2 Å². The molecule has 19 heteroatoms. The Hall–Kier alpha value is -5.17. The Labute approximate surface area is 353 Å². The summed E-state index contributed by atoms with van der Waals surface area (Å²) in [4.78, 5) is 44.9. The number of alkyl carbamates (subject to hydrolysis) is 1. The van der Waals surface area contributed by atoms with Crippen LogP contribution in [0.3, 0.4) is 0 Å². The number of carbonyl (C=O) groups is 2. The molecule has 4 saturated heterocycles. The van der Waals surface area contributed by atoms with E-state index in [4.69, 9.17) is 18.9 Å². The van der Waals surface area contributed by atoms with E-state index in [2.05, 4.69) is 20.3 Å². The number of piperidine rings is 1. The monoisotopic (exact) mass is 871 g/mol. The van der Waals surface area contributed by atoms with Crippen molar-refractivity contribution in [3.05, 3.63) is 47.7 Å². The van der Waals surface area contributed by atoms with Crippen molar-refractivity contribution in [1.82, 2.24) is 30.1 Å². The molecule has 10 rings (SSSR count). The fraction of sp³-hybridized carbons (Fsp3) is 0.558. The standard InChI is InChI=1S/C43H47F6N7O6/c1-41-15-25(44)18-54(21-41)37-31-17-50-35(34(47)36(31)51-38(52-37)61-23-42-9-4-11-56(42)19-26(45)16-42)30-14-28(62-40(58)55-20-27(59-2)8-10-43(48,49)22-55)13-24-6-7-32(46)29(33(24)30)5-3-12-60-39(57)53-41/h6-7,13-14,17,25-27H,3-5,8-12,15-16,18-23H2,1-2H3,(H,53,57)/t25-,26-,27-,41-,42+/m1/s1. The number of methoxy groups -OCH3 is 1. The number of aromatic nitrogens is 3. The second-order valence-corrected chi connectivity index (χ2v) is 17.6. The molecule has 2 aromatic heterocycles. The van der Waals surface area contributed by atoms with Gasteiger partial charge in [0.1, 0.15) is 47.5 Å². The average molecular weight is 872 g/mol. The molecule has 5 atom stereocenters. The lowest BCUT2D eigenvalue weighted by Gasteiger charge is -2.42. The van der Waals surface area contributed by atoms with Gasteiger partial charge in [0.05, 0.1) is 48.8 Å². The van der Waals surface area contributed by atoms with Gasteiger partial charge < -0.3 is 29.2 Å². The van der Waals surface area contributed by atoms with E-state index in [0.717, 1.165) is 11.3 Å². The van der Waals surface area contributed by atoms with Crippen molar-refractivity contribution in [2.75, 3.05) is 64.5 Å². The second-order valence-electron chi connectivity index (χ2n) is 17.6. The summed E-state index contributed by atoms with van der Waals surface area (Å²) in [7, 11) is 1.37. The molecule has 6 aliphatic heterocycles. The summed E-state index contributed by atoms with van der Waals surface area (Å²) in [5.41, 5.74) is -2.30. The number of fused-ring (bicyclic) bond motifs is 7. The minimum absolute atomic E-state index is 0.000530. The first-order valence-electron chi connectivity index (χ1n) is 21.0. The summed E-state index contributed by atoms with van der Waals surface area (Å²) in [6.07, 6.45) is -2.45. The fourth-order valence-electron chi connectivity index (χ4n) is 10.1. The summed E-state index contributed by atoms with van der Waals surface area (Å²) in [5.74, 6) is -4.96. The predicted molar refractivity (Wildman–Crippen MR) is 214 cm³/mol. The van der Waals surface area contributed by atoms with Crippen molar-refractivity contribution in [2.45, 2.75) is 93.7 Å². The Bertz CT molecular complexity index is 2410. The summed E-state index contributed by atoms with van der Waals surface area (Å²) < 4.78 is 116. The van der Waals surface area contributed by atoms with Gasteiger partial charge in [-0.1, -0.05) is 6.07 Å². The van der Waals surface area contributed by atoms with Gasteiger partial charge in [-0.3, -0.25) is 14.8 Å². The molecular formula is C43H47F6N7O6. The van der Waals surface area contributed by atoms with Crippen LogP contribution in [0.5, 0.6) is 11.8 Å². The van der Waals surface area contributed by atoms with Crippen LogP contribution in [0.2, 0.25) is 0 Å². The zero-order chi connectivity index (χ0) is 43.6. The molecule has 2 aromatic carbocycles. The smallest absolute Gasteiger partial charge is 0.415 e. The number of alkyl halides is 4. The van der Waals surface area contributed by atoms with Crippen molar-refractivity contribution >= 4 is 39.7 Å². The number of hydrogen-bond donors (Lipinski definition) is 1. The number of carbonyl (C=O) groups excluding carboxylic acids is 2. The SMILES string of the molecule is CO[C@@H]1CCC(F)(F)CN(C(=O)Oc2cc3c4c(c(F)ccc4c2)CCCOC(=O)N[C@]2(C)C[C@@H](F)CN(C2)c2nc(OC[C@@]45CCCN4C[C@H](F)C5)nc4c(F)c-3ncc24)C1. The molecule has 4 fully saturated rings. The first-order valence-corrected chi connectivity index (χ1v) is 21.0. The minimum Gasteiger partial charge on any atom is -0.461 e. The van der Waals surface area contributed by atoms with Gasteiger partial charge in [-0.15, -0.1) is 0 Å². The number of nitrogens with one attached hydrogen (secondary N) is 1. The van der Waals surface area contributed by atoms with Crippen LogP contribution in [0, 0.1) is 11.6 Å². The summed E-state index contributed by atoms with van der Waals surface area (Å²) in [5, 5.41) is 3.35. The van der Waals surface area contributed by atoms with Crippen LogP contribution in [0.25, 0.3) is 32.9 Å². The van der Waals surface area contributed by atoms with Gasteiger partial charge in [-0.05, 0) is 80.1 Å². The molecule has 332 valence electrons. The first kappa shape index (κ1) is 42.1. The van der Waals surface area contributed by atoms with Crippen molar-refractivity contribution in [1.29, 1.82) is 0 Å². The molecule has 8 heterocycles. The number of hydrogen-bond acceptors (Lipinski definition) is 11. The molecule has 0 spiro atoms. The number of rotatable bonds is 5. The Balaban J connectivity index is 1.20. The van der Waals surface area contributed by atoms with E-state index in [1.165, 1.54) is 37.6 Å². The molecule has 0 radical (unpaired) electrons. The topological polar surface area (TPSA) is 131 Å². The Morgan fingerprint density at radius 2 is 1.85 bits per heavy atom. The van der Waals surface area contributed by atoms with Crippen LogP contribution in [0.4, 0.5) is 41.7 Å². The highest BCUT2D eigenvalue weighted by Crippen LogP contribution is 2.43. The second kappa shape index (κ2) is 16.2. The van der Waals surface area contributed by atoms with Crippen molar-refractivity contribution in [2.24, 2.45) is 0 Å². The summed E-state index contributed by atoms with van der Waals surface area (Å²) in [6, 6.07) is 5.04. The van der Waals surface area contributed by atoms with Crippen molar-refractivity contribution in [3.63, 3.8) is 0 Å². The Kier molecular flexibility index (Phi) is 11.0. The highest BCUT2D eigenvalue weighted by atomic mass is 19.3. The summed E-state index contributed by atoms with van der Waals surface area (Å²) in [6.45, 7) is 1.23. The molecular weight excluding hydrogens is 825 g/mol. The van der Waals surface area contributed by atoms with Crippen molar-refractivity contribution < 1.29 is 54.9 Å². The largest absolute Gasteiger partial charge is 0.461 e. The van der Waals surface area contributed by atoms with Crippen LogP contribution in [0.1, 0.15) is 57.4 Å². The van der Waals surface area contributed by atoms with Gasteiger partial charge in [0.2, 0.25) is 0 Å². The number of likely N-dealkylation sites (tertiary alicyclic amines) is 1. The molecule has 1 N–H and O–H groups in total. The van der Waals surface area contributed by atoms with Crippen LogP contribution >= 0.6 is 0 Å². The maximum atomic E-state index is 17.6. The summed E-state index contributed by atoms with van der Waals surface area (Å²) >= 11 is 0. The lowest BCUT2D eigenvalue weighted by atomic mass is 9.90. The number of halogens is 6. The normalized spacial score (nSPS) is 27.8. The van der Waals surface area contributed by atoms with E-state index in [1.54, 1.807) is 11.8 Å². The Morgan fingerprint density at radius 1 is 1.03 bits per heavy atom. The van der Waals surface area contributed by atoms with E-state index >= 15 is 13.2 Å². The maximum Gasteiger partial charge on any atom is 0.415 e. The van der Waals surface area contributed by atoms with Gasteiger partial charge in [0.15, 0.2) is 5.82 Å². The number of anilines is 1. The molecule has 2 amide bonds. The number of ether oxygens (including phenoxy) is 4. The molecule has 62 heavy (non-hydrogen) atoms. The number of amides is 2. The zero-order valence-corrected chi connectivity index (χ0v) is 34.3. The number of aryl methyl sites for hydroxylation is 1. The van der Waals surface area contributed by atoms with E-state index in [9.17, 15) is 22.8 Å². The highest BCUT2D eigenvalue weighted by molar-refractivity contribution is 6.02. The molecule has 13 nitrogen and oxygen atoms in total. The third kappa shape index (κ3) is 8.13. The molecule has 0 unspecified atom stereocenters. The molecule has 6 bridgehead atoms. The minimum atomic E-state index is -3.21. The van der Waals surface area contributed by atoms with Crippen LogP contribution in [-0.2, 0) is 15.9 Å². The third-order valence-electron chi connectivity index (χ3n) is 12.9. The van der Waals surface area contributed by atoms with Gasteiger partial charge in [0.25, 0.3) is 5.92 Å². The van der Waals surface area contributed by atoms with Gasteiger partial charge in [-0.2, -0.15) is 9.97 Å². The average Bonchev–Trinajstić information content (AvgIpc) is 3.69. The van der Waals surface area contributed by atoms with Crippen LogP contribution < -0.4 is 19.7 Å². The van der Waals surface area contributed by atoms with Crippen molar-refractivity contribution in [3.8, 4) is 23.0 Å². The number of pyridine rings is 1. The quantitative estimate of drug-likeness (QED) is 0.203. The maximum absolute atomic E-state index is 17.6. The first-order chi connectivity index (χ1) is 29.6. The number of nitrogens with zero attached hydrogens (tertiary/aromatic N) is 6. The third-order valence-corrected chi connectivity index (χ3v) is 12.9. The predicted octanol–water partition coefficient (Wildman–Crippen LogP) is 7.30. The molecule has 4 aromatic rings. The highest BCUT2D eigenvalue weighted by Gasteiger charge is 2.50. The number of benzene rings is 2. The van der Waals surface area contributed by atoms with E-state index in [1.807, 2.05) is 4.90 Å². The van der Waals surface area contributed by atoms with Gasteiger partial charge in [0, 0.05) is 51.2 Å². The molecule has 0 aliphatic carbocycles. The molecule has 0 saturated carbocycles. The van der Waals surface area contributed by atoms with E-state index in [0.29, 0.717) is 18.4 Å². The van der Waals surface area contributed by atoms with E-state index in [-0.39, 0.29) is 122 Å². The van der Waals surface area contributed by atoms with Crippen LogP contribution in [-0.4, -0.2) is 132 Å². The van der Waals surface area contributed by atoms with Gasteiger partial charge in [-0.25, -0.2) is 35.9 Å². The van der Waals surface area contributed by atoms with Crippen LogP contribution in [0.15, 0.2) is 30.5 Å². The zero-order valence-electron chi connectivity index (χ0n) is 34.3. The molecule has 6 aliphatic rings. The lowest BCUT2D eigenvalue weighted by Crippen LogP contribution is -2.60. The lowest BCUT2D eigenvalue weighted by molar-refractivity contribution is -0.0254. The Morgan fingerprint density at radius 3 is 2.68 bits per heavy atom.